The molecule has 27 heavy (non-hydrogen) atoms. The fraction of sp³-hybridized carbons (Fsp3) is 0.364. The molecule has 2 N–H and O–H groups in total. The van der Waals surface area contributed by atoms with Crippen LogP contribution in [0.5, 0.6) is 0 Å². The van der Waals surface area contributed by atoms with Gasteiger partial charge in [0.05, 0.1) is 12.6 Å². The van der Waals surface area contributed by atoms with Crippen LogP contribution in [0.3, 0.4) is 0 Å². The van der Waals surface area contributed by atoms with Crippen molar-refractivity contribution in [3.05, 3.63) is 71.8 Å². The van der Waals surface area contributed by atoms with Gasteiger partial charge in [0.2, 0.25) is 5.91 Å². The smallest absolute Gasteiger partial charge is 0.224 e. The summed E-state index contributed by atoms with van der Waals surface area (Å²) >= 11 is 0. The predicted molar refractivity (Wildman–Crippen MR) is 112 cm³/mol. The third-order valence-corrected chi connectivity index (χ3v) is 4.28. The molecule has 1 amide bonds. The molecule has 2 rings (SSSR count). The minimum Gasteiger partial charge on any atom is -0.357 e. The highest BCUT2D eigenvalue weighted by molar-refractivity contribution is 5.81. The molecule has 0 aliphatic carbocycles. The maximum Gasteiger partial charge on any atom is 0.224 e. The number of amides is 1. The lowest BCUT2D eigenvalue weighted by atomic mass is 10.1. The van der Waals surface area contributed by atoms with Gasteiger partial charge in [0.15, 0.2) is 5.96 Å². The number of guanidine groups is 1. The second-order valence-electron chi connectivity index (χ2n) is 6.52. The molecule has 0 bridgehead atoms. The fourth-order valence-electron chi connectivity index (χ4n) is 2.75. The number of nitrogens with one attached hydrogen (secondary N) is 2. The van der Waals surface area contributed by atoms with Crippen LogP contribution in [0.15, 0.2) is 65.7 Å². The number of carbonyl (C=O) groups excluding carboxylic acids is 1. The van der Waals surface area contributed by atoms with Crippen LogP contribution in [0.1, 0.15) is 37.4 Å². The fourth-order valence-corrected chi connectivity index (χ4v) is 2.75. The van der Waals surface area contributed by atoms with Crippen molar-refractivity contribution >= 4 is 11.9 Å². The molecule has 2 aromatic rings. The van der Waals surface area contributed by atoms with E-state index in [-0.39, 0.29) is 11.9 Å². The molecular formula is C22H30N4O. The highest BCUT2D eigenvalue weighted by Gasteiger charge is 2.10. The number of nitrogens with zero attached hydrogens (tertiary/aromatic N) is 2. The molecule has 144 valence electrons. The quantitative estimate of drug-likeness (QED) is 0.556. The molecule has 0 saturated carbocycles. The predicted octanol–water partition coefficient (Wildman–Crippen LogP) is 3.35. The molecule has 2 aromatic carbocycles. The highest BCUT2D eigenvalue weighted by Crippen LogP contribution is 2.10. The summed E-state index contributed by atoms with van der Waals surface area (Å²) in [5, 5.41) is 6.63. The van der Waals surface area contributed by atoms with Crippen molar-refractivity contribution in [1.82, 2.24) is 15.5 Å². The second kappa shape index (κ2) is 11.0. The van der Waals surface area contributed by atoms with Crippen molar-refractivity contribution < 1.29 is 4.79 Å². The first-order valence-corrected chi connectivity index (χ1v) is 9.47. The number of aliphatic imine (C=N–C) groups is 1. The zero-order chi connectivity index (χ0) is 19.5. The van der Waals surface area contributed by atoms with Gasteiger partial charge in [-0.15, -0.1) is 0 Å². The van der Waals surface area contributed by atoms with Crippen molar-refractivity contribution in [2.45, 2.75) is 32.9 Å². The highest BCUT2D eigenvalue weighted by atomic mass is 16.2. The van der Waals surface area contributed by atoms with Crippen LogP contribution in [0.2, 0.25) is 0 Å². The van der Waals surface area contributed by atoms with E-state index >= 15 is 0 Å². The van der Waals surface area contributed by atoms with E-state index in [2.05, 4.69) is 34.7 Å². The summed E-state index contributed by atoms with van der Waals surface area (Å²) in [6.45, 7) is 5.97. The normalized spacial score (nSPS) is 12.3. The van der Waals surface area contributed by atoms with E-state index in [0.717, 1.165) is 18.1 Å². The lowest BCUT2D eigenvalue weighted by Gasteiger charge is -2.19. The third-order valence-electron chi connectivity index (χ3n) is 4.28. The van der Waals surface area contributed by atoms with Crippen molar-refractivity contribution in [2.24, 2.45) is 4.99 Å². The van der Waals surface area contributed by atoms with E-state index in [1.165, 1.54) is 5.56 Å². The molecular weight excluding hydrogens is 336 g/mol. The van der Waals surface area contributed by atoms with E-state index in [0.29, 0.717) is 19.5 Å². The molecule has 0 saturated heterocycles. The minimum atomic E-state index is 0.0922. The Bertz CT molecular complexity index is 716. The van der Waals surface area contributed by atoms with Gasteiger partial charge in [0.25, 0.3) is 0 Å². The molecule has 0 radical (unpaired) electrons. The van der Waals surface area contributed by atoms with Gasteiger partial charge in [0.1, 0.15) is 0 Å². The van der Waals surface area contributed by atoms with Crippen molar-refractivity contribution in [3.63, 3.8) is 0 Å². The Morgan fingerprint density at radius 2 is 1.70 bits per heavy atom. The Kier molecular flexibility index (Phi) is 8.36. The van der Waals surface area contributed by atoms with E-state index in [1.807, 2.05) is 62.5 Å². The Morgan fingerprint density at radius 1 is 1.07 bits per heavy atom. The maximum atomic E-state index is 12.3. The number of rotatable bonds is 8. The molecule has 0 aliphatic rings. The van der Waals surface area contributed by atoms with Gasteiger partial charge in [0, 0.05) is 26.6 Å². The molecule has 5 heteroatoms. The molecule has 1 unspecified atom stereocenters. The van der Waals surface area contributed by atoms with Crippen LogP contribution in [-0.2, 0) is 11.3 Å². The summed E-state index contributed by atoms with van der Waals surface area (Å²) in [6.07, 6.45) is 0.389. The van der Waals surface area contributed by atoms with Crippen LogP contribution in [0.4, 0.5) is 0 Å². The molecule has 1 atom stereocenters. The van der Waals surface area contributed by atoms with Gasteiger partial charge in [-0.3, -0.25) is 9.79 Å². The number of hydrogen-bond acceptors (Lipinski definition) is 2. The van der Waals surface area contributed by atoms with Gasteiger partial charge < -0.3 is 15.5 Å². The monoisotopic (exact) mass is 366 g/mol. The van der Waals surface area contributed by atoms with Crippen molar-refractivity contribution in [1.29, 1.82) is 0 Å². The number of benzene rings is 2. The molecule has 0 aliphatic heterocycles. The van der Waals surface area contributed by atoms with Crippen LogP contribution >= 0.6 is 0 Å². The largest absolute Gasteiger partial charge is 0.357 e. The van der Waals surface area contributed by atoms with E-state index < -0.39 is 0 Å². The summed E-state index contributed by atoms with van der Waals surface area (Å²) in [4.78, 5) is 18.6. The summed E-state index contributed by atoms with van der Waals surface area (Å²) in [5.41, 5.74) is 2.32. The van der Waals surface area contributed by atoms with Gasteiger partial charge in [-0.05, 0) is 25.0 Å². The van der Waals surface area contributed by atoms with E-state index in [1.54, 1.807) is 4.90 Å². The van der Waals surface area contributed by atoms with Crippen LogP contribution in [-0.4, -0.2) is 36.9 Å². The average molecular weight is 367 g/mol. The Labute approximate surface area is 162 Å². The van der Waals surface area contributed by atoms with Gasteiger partial charge in [-0.2, -0.15) is 0 Å². The van der Waals surface area contributed by atoms with Crippen molar-refractivity contribution in [2.75, 3.05) is 20.1 Å². The van der Waals surface area contributed by atoms with E-state index in [4.69, 9.17) is 0 Å². The standard InChI is InChI=1S/C22H30N4O/c1-4-23-22(25-18(2)20-13-9-6-10-14-20)24-16-15-21(27)26(3)17-19-11-7-5-8-12-19/h5-14,18H,4,15-17H2,1-3H3,(H2,23,24,25). The van der Waals surface area contributed by atoms with Gasteiger partial charge in [-0.25, -0.2) is 0 Å². The van der Waals surface area contributed by atoms with Gasteiger partial charge >= 0.3 is 0 Å². The zero-order valence-electron chi connectivity index (χ0n) is 16.5. The lowest BCUT2D eigenvalue weighted by Crippen LogP contribution is -2.39. The molecule has 0 spiro atoms. The Hall–Kier alpha value is -2.82. The van der Waals surface area contributed by atoms with E-state index in [9.17, 15) is 4.79 Å². The van der Waals surface area contributed by atoms with Crippen LogP contribution in [0, 0.1) is 0 Å². The second-order valence-corrected chi connectivity index (χ2v) is 6.52. The lowest BCUT2D eigenvalue weighted by molar-refractivity contribution is -0.130. The van der Waals surface area contributed by atoms with Gasteiger partial charge in [-0.1, -0.05) is 60.7 Å². The first-order chi connectivity index (χ1) is 13.1. The van der Waals surface area contributed by atoms with Crippen molar-refractivity contribution in [3.8, 4) is 0 Å². The number of hydrogen-bond donors (Lipinski definition) is 2. The summed E-state index contributed by atoms with van der Waals surface area (Å²) in [5.74, 6) is 0.821. The molecule has 0 heterocycles. The zero-order valence-corrected chi connectivity index (χ0v) is 16.5. The first kappa shape index (κ1) is 20.5. The Balaban J connectivity index is 1.85. The molecule has 0 fully saturated rings. The average Bonchev–Trinajstić information content (AvgIpc) is 2.69. The third kappa shape index (κ3) is 7.13. The maximum absolute atomic E-state index is 12.3. The Morgan fingerprint density at radius 3 is 2.33 bits per heavy atom. The summed E-state index contributed by atoms with van der Waals surface area (Å²) < 4.78 is 0. The van der Waals surface area contributed by atoms with Crippen LogP contribution < -0.4 is 10.6 Å². The minimum absolute atomic E-state index is 0.0922. The summed E-state index contributed by atoms with van der Waals surface area (Å²) in [6, 6.07) is 20.4. The topological polar surface area (TPSA) is 56.7 Å². The number of carbonyl (C=O) groups is 1. The summed E-state index contributed by atoms with van der Waals surface area (Å²) in [7, 11) is 1.83. The molecule has 0 aromatic heterocycles. The van der Waals surface area contributed by atoms with Crippen LogP contribution in [0.25, 0.3) is 0 Å². The molecule has 5 nitrogen and oxygen atoms in total. The first-order valence-electron chi connectivity index (χ1n) is 9.47. The SMILES string of the molecule is CCNC(=NCCC(=O)N(C)Cc1ccccc1)NC(C)c1ccccc1.